The molecule has 3 rings (SSSR count). The molecule has 1 amide bonds. The number of hydrogen-bond donors (Lipinski definition) is 1. The van der Waals surface area contributed by atoms with Gasteiger partial charge in [0.05, 0.1) is 12.6 Å². The first kappa shape index (κ1) is 18.0. The average Bonchev–Trinajstić information content (AvgIpc) is 3.15. The summed E-state index contributed by atoms with van der Waals surface area (Å²) < 4.78 is 5.57. The molecule has 4 heteroatoms. The van der Waals surface area contributed by atoms with Crippen LogP contribution in [0.15, 0.2) is 54.6 Å². The molecule has 1 saturated carbocycles. The predicted octanol–water partition coefficient (Wildman–Crippen LogP) is 4.90. The van der Waals surface area contributed by atoms with E-state index in [1.165, 1.54) is 12.8 Å². The first-order valence-electron chi connectivity index (χ1n) is 8.89. The number of benzene rings is 2. The Morgan fingerprint density at radius 1 is 1.12 bits per heavy atom. The summed E-state index contributed by atoms with van der Waals surface area (Å²) in [6.07, 6.45) is 4.73. The number of hydrogen-bond acceptors (Lipinski definition) is 2. The summed E-state index contributed by atoms with van der Waals surface area (Å²) in [7, 11) is 0. The lowest BCUT2D eigenvalue weighted by molar-refractivity contribution is -0.127. The molecule has 1 N–H and O–H groups in total. The van der Waals surface area contributed by atoms with E-state index in [1.54, 1.807) is 0 Å². The first-order chi connectivity index (χ1) is 12.2. The number of carbonyl (C=O) groups excluding carboxylic acids is 1. The van der Waals surface area contributed by atoms with Gasteiger partial charge in [0.1, 0.15) is 6.61 Å². The molecule has 1 aliphatic rings. The Balaban J connectivity index is 1.58. The molecular formula is C21H24ClNO2. The zero-order chi connectivity index (χ0) is 17.5. The third kappa shape index (κ3) is 5.32. The molecule has 0 saturated heterocycles. The van der Waals surface area contributed by atoms with Crippen molar-refractivity contribution in [2.45, 2.75) is 38.3 Å². The van der Waals surface area contributed by atoms with Gasteiger partial charge in [-0.3, -0.25) is 4.79 Å². The Hall–Kier alpha value is -1.84. The number of amides is 1. The molecule has 2 aromatic carbocycles. The Kier molecular flexibility index (Phi) is 6.48. The summed E-state index contributed by atoms with van der Waals surface area (Å²) in [4.78, 5) is 12.4. The number of carbonyl (C=O) groups is 1. The van der Waals surface area contributed by atoms with Crippen LogP contribution in [0.25, 0.3) is 0 Å². The summed E-state index contributed by atoms with van der Waals surface area (Å²) in [6.45, 7) is 0.512. The zero-order valence-electron chi connectivity index (χ0n) is 14.3. The van der Waals surface area contributed by atoms with Crippen molar-refractivity contribution in [2.24, 2.45) is 5.92 Å². The van der Waals surface area contributed by atoms with Gasteiger partial charge < -0.3 is 10.1 Å². The fourth-order valence-electron chi connectivity index (χ4n) is 3.52. The summed E-state index contributed by atoms with van der Waals surface area (Å²) in [5.74, 6) is 0.393. The van der Waals surface area contributed by atoms with E-state index in [4.69, 9.17) is 16.3 Å². The maximum absolute atomic E-state index is 12.4. The van der Waals surface area contributed by atoms with Gasteiger partial charge in [0.15, 0.2) is 0 Å². The van der Waals surface area contributed by atoms with Gasteiger partial charge in [0, 0.05) is 5.02 Å². The van der Waals surface area contributed by atoms with Gasteiger partial charge >= 0.3 is 0 Å². The predicted molar refractivity (Wildman–Crippen MR) is 100 cm³/mol. The molecule has 1 aliphatic carbocycles. The number of rotatable bonds is 7. The fourth-order valence-corrected chi connectivity index (χ4v) is 3.71. The van der Waals surface area contributed by atoms with Crippen LogP contribution in [0.1, 0.15) is 42.9 Å². The van der Waals surface area contributed by atoms with E-state index in [9.17, 15) is 4.79 Å². The standard InChI is InChI=1S/C21H24ClNO2/c22-19-12-6-11-18(13-19)21(17-9-4-5-10-17)23-20(24)15-25-14-16-7-2-1-3-8-16/h1-3,6-8,11-13,17,21H,4-5,9-10,14-15H2,(H,23,24). The van der Waals surface area contributed by atoms with Gasteiger partial charge in [-0.1, -0.05) is 66.9 Å². The molecule has 0 radical (unpaired) electrons. The quantitative estimate of drug-likeness (QED) is 0.765. The third-order valence-electron chi connectivity index (χ3n) is 4.74. The highest BCUT2D eigenvalue weighted by molar-refractivity contribution is 6.30. The van der Waals surface area contributed by atoms with Crippen LogP contribution >= 0.6 is 11.6 Å². The van der Waals surface area contributed by atoms with Gasteiger partial charge in [0.2, 0.25) is 5.91 Å². The van der Waals surface area contributed by atoms with E-state index in [0.29, 0.717) is 17.5 Å². The van der Waals surface area contributed by atoms with E-state index in [0.717, 1.165) is 24.0 Å². The fraction of sp³-hybridized carbons (Fsp3) is 0.381. The van der Waals surface area contributed by atoms with Crippen LogP contribution in [0, 0.1) is 5.92 Å². The van der Waals surface area contributed by atoms with Crippen molar-refractivity contribution in [3.05, 3.63) is 70.7 Å². The SMILES string of the molecule is O=C(COCc1ccccc1)NC(c1cccc(Cl)c1)C1CCCC1. The van der Waals surface area contributed by atoms with E-state index < -0.39 is 0 Å². The van der Waals surface area contributed by atoms with E-state index in [-0.39, 0.29) is 18.6 Å². The average molecular weight is 358 g/mol. The largest absolute Gasteiger partial charge is 0.367 e. The van der Waals surface area contributed by atoms with Crippen LogP contribution in [-0.4, -0.2) is 12.5 Å². The van der Waals surface area contributed by atoms with E-state index in [1.807, 2.05) is 54.6 Å². The minimum Gasteiger partial charge on any atom is -0.367 e. The lowest BCUT2D eigenvalue weighted by Gasteiger charge is -2.25. The summed E-state index contributed by atoms with van der Waals surface area (Å²) in [6, 6.07) is 17.7. The molecule has 3 nitrogen and oxygen atoms in total. The molecule has 0 bridgehead atoms. The highest BCUT2D eigenvalue weighted by Crippen LogP contribution is 2.36. The minimum absolute atomic E-state index is 0.00836. The van der Waals surface area contributed by atoms with Crippen molar-refractivity contribution >= 4 is 17.5 Å². The molecule has 0 aromatic heterocycles. The Morgan fingerprint density at radius 2 is 1.88 bits per heavy atom. The van der Waals surface area contributed by atoms with Gasteiger partial charge in [0.25, 0.3) is 0 Å². The van der Waals surface area contributed by atoms with Crippen LogP contribution < -0.4 is 5.32 Å². The monoisotopic (exact) mass is 357 g/mol. The van der Waals surface area contributed by atoms with Crippen LogP contribution in [0.5, 0.6) is 0 Å². The highest BCUT2D eigenvalue weighted by atomic mass is 35.5. The lowest BCUT2D eigenvalue weighted by atomic mass is 9.91. The molecular weight excluding hydrogens is 334 g/mol. The maximum Gasteiger partial charge on any atom is 0.246 e. The maximum atomic E-state index is 12.4. The highest BCUT2D eigenvalue weighted by Gasteiger charge is 2.27. The second-order valence-corrected chi connectivity index (χ2v) is 7.06. The smallest absolute Gasteiger partial charge is 0.246 e. The number of halogens is 1. The summed E-state index contributed by atoms with van der Waals surface area (Å²) in [5, 5.41) is 3.87. The Labute approximate surface area is 154 Å². The normalized spacial score (nSPS) is 15.9. The summed E-state index contributed by atoms with van der Waals surface area (Å²) in [5.41, 5.74) is 2.15. The van der Waals surface area contributed by atoms with Crippen molar-refractivity contribution in [2.75, 3.05) is 6.61 Å². The first-order valence-corrected chi connectivity index (χ1v) is 9.26. The van der Waals surface area contributed by atoms with Crippen molar-refractivity contribution < 1.29 is 9.53 Å². The second kappa shape index (κ2) is 9.02. The molecule has 1 fully saturated rings. The lowest BCUT2D eigenvalue weighted by Crippen LogP contribution is -2.35. The molecule has 0 aliphatic heterocycles. The van der Waals surface area contributed by atoms with Gasteiger partial charge in [-0.25, -0.2) is 0 Å². The van der Waals surface area contributed by atoms with Crippen LogP contribution in [-0.2, 0) is 16.1 Å². The van der Waals surface area contributed by atoms with Gasteiger partial charge in [-0.05, 0) is 42.0 Å². The molecule has 25 heavy (non-hydrogen) atoms. The van der Waals surface area contributed by atoms with E-state index >= 15 is 0 Å². The summed E-state index contributed by atoms with van der Waals surface area (Å²) >= 11 is 6.15. The van der Waals surface area contributed by atoms with Crippen molar-refractivity contribution in [3.63, 3.8) is 0 Å². The molecule has 0 spiro atoms. The molecule has 132 valence electrons. The van der Waals surface area contributed by atoms with Gasteiger partial charge in [-0.15, -0.1) is 0 Å². The Bertz CT molecular complexity index is 683. The zero-order valence-corrected chi connectivity index (χ0v) is 15.0. The molecule has 1 atom stereocenters. The van der Waals surface area contributed by atoms with Crippen LogP contribution in [0.2, 0.25) is 5.02 Å². The molecule has 0 heterocycles. The van der Waals surface area contributed by atoms with Crippen molar-refractivity contribution in [1.29, 1.82) is 0 Å². The minimum atomic E-state index is -0.0761. The number of ether oxygens (including phenoxy) is 1. The second-order valence-electron chi connectivity index (χ2n) is 6.62. The van der Waals surface area contributed by atoms with E-state index in [2.05, 4.69) is 5.32 Å². The van der Waals surface area contributed by atoms with Crippen molar-refractivity contribution in [1.82, 2.24) is 5.32 Å². The molecule has 1 unspecified atom stereocenters. The number of nitrogens with one attached hydrogen (secondary N) is 1. The van der Waals surface area contributed by atoms with Crippen molar-refractivity contribution in [3.8, 4) is 0 Å². The van der Waals surface area contributed by atoms with Crippen LogP contribution in [0.3, 0.4) is 0 Å². The van der Waals surface area contributed by atoms with Gasteiger partial charge in [-0.2, -0.15) is 0 Å². The third-order valence-corrected chi connectivity index (χ3v) is 4.98. The molecule has 2 aromatic rings. The Morgan fingerprint density at radius 3 is 2.60 bits per heavy atom. The van der Waals surface area contributed by atoms with Crippen LogP contribution in [0.4, 0.5) is 0 Å². The topological polar surface area (TPSA) is 38.3 Å².